The van der Waals surface area contributed by atoms with Gasteiger partial charge >= 0.3 is 0 Å². The van der Waals surface area contributed by atoms with E-state index in [1.54, 1.807) is 48.7 Å². The predicted octanol–water partition coefficient (Wildman–Crippen LogP) is 4.31. The molecule has 27 heavy (non-hydrogen) atoms. The van der Waals surface area contributed by atoms with Crippen LogP contribution in [0.15, 0.2) is 65.6 Å². The summed E-state index contributed by atoms with van der Waals surface area (Å²) in [7, 11) is 0. The van der Waals surface area contributed by atoms with Gasteiger partial charge in [0, 0.05) is 28.9 Å². The van der Waals surface area contributed by atoms with Crippen molar-refractivity contribution in [3.8, 4) is 0 Å². The summed E-state index contributed by atoms with van der Waals surface area (Å²) in [5.74, 6) is -0.0663. The molecule has 5 nitrogen and oxygen atoms in total. The lowest BCUT2D eigenvalue weighted by molar-refractivity contribution is 0.103. The van der Waals surface area contributed by atoms with Crippen LogP contribution in [0.25, 0.3) is 10.9 Å². The van der Waals surface area contributed by atoms with E-state index in [0.29, 0.717) is 33.6 Å². The smallest absolute Gasteiger partial charge is 0.273 e. The molecule has 2 aromatic heterocycles. The Labute approximate surface area is 164 Å². The highest BCUT2D eigenvalue weighted by molar-refractivity contribution is 6.33. The zero-order chi connectivity index (χ0) is 19.0. The molecule has 1 N–H and O–H groups in total. The van der Waals surface area contributed by atoms with Crippen molar-refractivity contribution in [2.75, 3.05) is 0 Å². The zero-order valence-corrected chi connectivity index (χ0v) is 15.5. The van der Waals surface area contributed by atoms with Crippen LogP contribution in [-0.4, -0.2) is 20.5 Å². The molecule has 0 aliphatic heterocycles. The van der Waals surface area contributed by atoms with E-state index >= 15 is 0 Å². The highest BCUT2D eigenvalue weighted by Gasteiger charge is 2.12. The molecule has 0 atom stereocenters. The van der Waals surface area contributed by atoms with E-state index in [9.17, 15) is 9.59 Å². The molecule has 4 rings (SSSR count). The SMILES string of the molecule is O=C(c1ccc(Cl)cc1)c1ccc(Cn2ccc3c(=O)[nH]nc(Cl)c32)cc1. The quantitative estimate of drug-likeness (QED) is 0.521. The first-order chi connectivity index (χ1) is 13.0. The van der Waals surface area contributed by atoms with Crippen molar-refractivity contribution in [2.24, 2.45) is 0 Å². The topological polar surface area (TPSA) is 67.8 Å². The number of carbonyl (C=O) groups excluding carboxylic acids is 1. The average Bonchev–Trinajstić information content (AvgIpc) is 3.10. The molecular weight excluding hydrogens is 385 g/mol. The van der Waals surface area contributed by atoms with E-state index in [1.165, 1.54) is 0 Å². The number of H-pyrrole nitrogens is 1. The number of carbonyl (C=O) groups is 1. The Morgan fingerprint density at radius 3 is 2.26 bits per heavy atom. The third kappa shape index (κ3) is 3.39. The van der Waals surface area contributed by atoms with Crippen molar-refractivity contribution in [3.05, 3.63) is 98.0 Å². The normalized spacial score (nSPS) is 11.0. The molecule has 0 bridgehead atoms. The molecular formula is C20H13Cl2N3O2. The van der Waals surface area contributed by atoms with Crippen LogP contribution in [0.3, 0.4) is 0 Å². The fourth-order valence-corrected chi connectivity index (χ4v) is 3.34. The summed E-state index contributed by atoms with van der Waals surface area (Å²) in [6.07, 6.45) is 1.79. The number of hydrogen-bond donors (Lipinski definition) is 1. The number of aromatic nitrogens is 3. The fraction of sp³-hybridized carbons (Fsp3) is 0.0500. The minimum absolute atomic E-state index is 0.0663. The van der Waals surface area contributed by atoms with Crippen molar-refractivity contribution in [2.45, 2.75) is 6.54 Å². The lowest BCUT2D eigenvalue weighted by Crippen LogP contribution is -2.09. The first-order valence-corrected chi connectivity index (χ1v) is 8.91. The third-order valence-corrected chi connectivity index (χ3v) is 4.85. The molecule has 0 aliphatic rings. The van der Waals surface area contributed by atoms with Gasteiger partial charge < -0.3 is 4.57 Å². The van der Waals surface area contributed by atoms with Crippen molar-refractivity contribution in [3.63, 3.8) is 0 Å². The van der Waals surface area contributed by atoms with E-state index in [0.717, 1.165) is 5.56 Å². The van der Waals surface area contributed by atoms with Crippen LogP contribution in [0.2, 0.25) is 10.2 Å². The first kappa shape index (κ1) is 17.5. The number of hydrogen-bond acceptors (Lipinski definition) is 3. The number of nitrogens with zero attached hydrogens (tertiary/aromatic N) is 2. The molecule has 0 radical (unpaired) electrons. The molecule has 0 unspecified atom stereocenters. The Morgan fingerprint density at radius 2 is 1.59 bits per heavy atom. The minimum Gasteiger partial charge on any atom is -0.340 e. The average molecular weight is 398 g/mol. The maximum absolute atomic E-state index is 12.5. The largest absolute Gasteiger partial charge is 0.340 e. The Hall–Kier alpha value is -2.89. The summed E-state index contributed by atoms with van der Waals surface area (Å²) in [4.78, 5) is 24.4. The van der Waals surface area contributed by atoms with Gasteiger partial charge in [0.2, 0.25) is 0 Å². The third-order valence-electron chi connectivity index (χ3n) is 4.33. The number of rotatable bonds is 4. The number of halogens is 2. The van der Waals surface area contributed by atoms with Gasteiger partial charge in [-0.1, -0.05) is 47.5 Å². The van der Waals surface area contributed by atoms with Crippen LogP contribution in [0, 0.1) is 0 Å². The molecule has 134 valence electrons. The second kappa shape index (κ2) is 7.02. The molecule has 2 heterocycles. The summed E-state index contributed by atoms with van der Waals surface area (Å²) in [6.45, 7) is 0.504. The Kier molecular flexibility index (Phi) is 4.56. The molecule has 7 heteroatoms. The van der Waals surface area contributed by atoms with Crippen LogP contribution in [-0.2, 0) is 6.54 Å². The highest BCUT2D eigenvalue weighted by atomic mass is 35.5. The minimum atomic E-state index is -0.281. The maximum Gasteiger partial charge on any atom is 0.273 e. The van der Waals surface area contributed by atoms with Gasteiger partial charge in [-0.3, -0.25) is 9.59 Å². The lowest BCUT2D eigenvalue weighted by Gasteiger charge is -2.08. The lowest BCUT2D eigenvalue weighted by atomic mass is 10.0. The van der Waals surface area contributed by atoms with Gasteiger partial charge in [-0.15, -0.1) is 0 Å². The number of ketones is 1. The van der Waals surface area contributed by atoms with E-state index in [1.807, 2.05) is 16.7 Å². The number of aromatic amines is 1. The van der Waals surface area contributed by atoms with Crippen LogP contribution < -0.4 is 5.56 Å². The summed E-state index contributed by atoms with van der Waals surface area (Å²) < 4.78 is 1.86. The van der Waals surface area contributed by atoms with Crippen molar-refractivity contribution < 1.29 is 4.79 Å². The van der Waals surface area contributed by atoms with Crippen molar-refractivity contribution in [1.82, 2.24) is 14.8 Å². The molecule has 2 aromatic carbocycles. The van der Waals surface area contributed by atoms with Crippen molar-refractivity contribution in [1.29, 1.82) is 0 Å². The summed E-state index contributed by atoms with van der Waals surface area (Å²) in [5, 5.41) is 7.49. The van der Waals surface area contributed by atoms with E-state index in [2.05, 4.69) is 10.2 Å². The van der Waals surface area contributed by atoms with Crippen LogP contribution in [0.4, 0.5) is 0 Å². The van der Waals surface area contributed by atoms with Gasteiger partial charge in [-0.2, -0.15) is 5.10 Å². The van der Waals surface area contributed by atoms with Crippen LogP contribution in [0.1, 0.15) is 21.5 Å². The van der Waals surface area contributed by atoms with E-state index < -0.39 is 0 Å². The number of nitrogens with one attached hydrogen (secondary N) is 1. The Bertz CT molecular complexity index is 1190. The standard InChI is InChI=1S/C20H13Cl2N3O2/c21-15-7-5-14(6-8-15)18(26)13-3-1-12(2-4-13)11-25-10-9-16-17(25)19(22)23-24-20(16)27/h1-10H,11H2,(H,24,27). The number of fused-ring (bicyclic) bond motifs is 1. The predicted molar refractivity (Wildman–Crippen MR) is 106 cm³/mol. The molecule has 0 spiro atoms. The Morgan fingerprint density at radius 1 is 0.963 bits per heavy atom. The Balaban J connectivity index is 1.60. The molecule has 0 aliphatic carbocycles. The monoisotopic (exact) mass is 397 g/mol. The zero-order valence-electron chi connectivity index (χ0n) is 13.9. The molecule has 0 fully saturated rings. The molecule has 4 aromatic rings. The van der Waals surface area contributed by atoms with Crippen molar-refractivity contribution >= 4 is 39.9 Å². The second-order valence-electron chi connectivity index (χ2n) is 6.08. The van der Waals surface area contributed by atoms with Gasteiger partial charge in [0.25, 0.3) is 5.56 Å². The first-order valence-electron chi connectivity index (χ1n) is 8.15. The van der Waals surface area contributed by atoms with Gasteiger partial charge in [0.1, 0.15) is 0 Å². The van der Waals surface area contributed by atoms with Gasteiger partial charge in [-0.25, -0.2) is 5.10 Å². The number of benzene rings is 2. The fourth-order valence-electron chi connectivity index (χ4n) is 2.96. The summed E-state index contributed by atoms with van der Waals surface area (Å²) in [6, 6.07) is 15.8. The second-order valence-corrected chi connectivity index (χ2v) is 6.88. The summed E-state index contributed by atoms with van der Waals surface area (Å²) >= 11 is 12.0. The van der Waals surface area contributed by atoms with Crippen LogP contribution in [0.5, 0.6) is 0 Å². The maximum atomic E-state index is 12.5. The molecule has 0 saturated heterocycles. The van der Waals surface area contributed by atoms with Crippen LogP contribution >= 0.6 is 23.2 Å². The van der Waals surface area contributed by atoms with E-state index in [-0.39, 0.29) is 16.5 Å². The summed E-state index contributed by atoms with van der Waals surface area (Å²) in [5.41, 5.74) is 2.45. The van der Waals surface area contributed by atoms with E-state index in [4.69, 9.17) is 23.2 Å². The highest BCUT2D eigenvalue weighted by Crippen LogP contribution is 2.21. The molecule has 0 saturated carbocycles. The van der Waals surface area contributed by atoms with Gasteiger partial charge in [-0.05, 0) is 35.9 Å². The van der Waals surface area contributed by atoms with Gasteiger partial charge in [0.05, 0.1) is 10.9 Å². The van der Waals surface area contributed by atoms with Gasteiger partial charge in [0.15, 0.2) is 10.9 Å². The molecule has 0 amide bonds.